The van der Waals surface area contributed by atoms with Gasteiger partial charge in [-0.15, -0.1) is 29.3 Å². The number of benzene rings is 6. The van der Waals surface area contributed by atoms with Gasteiger partial charge in [0, 0.05) is 54.9 Å². The summed E-state index contributed by atoms with van der Waals surface area (Å²) in [5, 5.41) is 14.6. The number of hydrogen-bond donors (Lipinski definition) is 1. The first kappa shape index (κ1) is 52.4. The van der Waals surface area contributed by atoms with Crippen molar-refractivity contribution in [2.75, 3.05) is 0 Å². The maximum Gasteiger partial charge on any atom is 0.170 e. The maximum atomic E-state index is 12.6. The van der Waals surface area contributed by atoms with Crippen molar-refractivity contribution in [2.45, 2.75) is 132 Å². The third kappa shape index (κ3) is 10.1. The average molecular weight is 1160 g/mol. The Kier molecular flexibility index (Phi) is 13.2. The van der Waals surface area contributed by atoms with Crippen LogP contribution >= 0.6 is 0 Å². The molecule has 4 aromatic heterocycles. The van der Waals surface area contributed by atoms with E-state index in [-0.39, 0.29) is 53.9 Å². The van der Waals surface area contributed by atoms with E-state index in [2.05, 4.69) is 230 Å². The molecule has 0 amide bonds. The second-order valence-corrected chi connectivity index (χ2v) is 25.6. The molecule has 7 heteroatoms. The van der Waals surface area contributed by atoms with E-state index in [0.717, 1.165) is 84.0 Å². The minimum absolute atomic E-state index is 0. The molecule has 0 aliphatic heterocycles. The zero-order chi connectivity index (χ0) is 52.2. The number of furan rings is 2. The Morgan fingerprint density at radius 1 is 0.554 bits per heavy atom. The van der Waals surface area contributed by atoms with Crippen molar-refractivity contribution in [3.8, 4) is 67.9 Å². The fraction of sp³-hybridized carbons (Fsp3) is 0.313. The molecular weight excluding hydrogens is 1090 g/mol. The van der Waals surface area contributed by atoms with E-state index in [1.165, 1.54) is 11.1 Å². The molecule has 74 heavy (non-hydrogen) atoms. The minimum Gasteiger partial charge on any atom is -0.507 e. The number of nitrogens with zero attached hydrogens (tertiary/aromatic N) is 3. The zero-order valence-corrected chi connectivity index (χ0v) is 48.1. The number of phenols is 1. The Labute approximate surface area is 452 Å². The number of phenolic OH excluding ortho intramolecular Hbond substituents is 1. The molecule has 0 radical (unpaired) electrons. The van der Waals surface area contributed by atoms with Crippen molar-refractivity contribution in [2.24, 2.45) is 5.41 Å². The van der Waals surface area contributed by atoms with Crippen molar-refractivity contribution in [3.05, 3.63) is 167 Å². The van der Waals surface area contributed by atoms with Crippen LogP contribution in [0.4, 0.5) is 0 Å². The van der Waals surface area contributed by atoms with Gasteiger partial charge in [-0.2, -0.15) is 0 Å². The van der Waals surface area contributed by atoms with Crippen LogP contribution in [0.5, 0.6) is 5.75 Å². The van der Waals surface area contributed by atoms with Crippen LogP contribution in [0.15, 0.2) is 142 Å². The third-order valence-electron chi connectivity index (χ3n) is 14.2. The molecule has 0 spiro atoms. The predicted molar refractivity (Wildman–Crippen MR) is 304 cm³/mol. The second-order valence-electron chi connectivity index (χ2n) is 25.6. The summed E-state index contributed by atoms with van der Waals surface area (Å²) in [5.74, 6) is 2.22. The van der Waals surface area contributed by atoms with Crippen LogP contribution in [0.3, 0.4) is 0 Å². The molecule has 4 heterocycles. The summed E-state index contributed by atoms with van der Waals surface area (Å²) in [7, 11) is 0. The molecule has 0 unspecified atom stereocenters. The van der Waals surface area contributed by atoms with E-state index >= 15 is 0 Å². The molecule has 6 nitrogen and oxygen atoms in total. The third-order valence-corrected chi connectivity index (χ3v) is 14.2. The molecule has 0 saturated carbocycles. The van der Waals surface area contributed by atoms with E-state index in [0.29, 0.717) is 34.2 Å². The van der Waals surface area contributed by atoms with Crippen LogP contribution in [0.25, 0.3) is 95.1 Å². The summed E-state index contributed by atoms with van der Waals surface area (Å²) in [5.41, 5.74) is 15.3. The van der Waals surface area contributed by atoms with Gasteiger partial charge in [0.2, 0.25) is 0 Å². The molecule has 0 aliphatic carbocycles. The Morgan fingerprint density at radius 2 is 1.20 bits per heavy atom. The van der Waals surface area contributed by atoms with Gasteiger partial charge in [0.15, 0.2) is 11.5 Å². The zero-order valence-electron chi connectivity index (χ0n) is 45.8. The Hall–Kier alpha value is -6.49. The molecule has 382 valence electrons. The van der Waals surface area contributed by atoms with E-state index in [1.54, 1.807) is 0 Å². The van der Waals surface area contributed by atoms with Gasteiger partial charge in [-0.1, -0.05) is 176 Å². The van der Waals surface area contributed by atoms with E-state index in [9.17, 15) is 5.11 Å². The number of fused-ring (bicyclic) bond motifs is 3. The predicted octanol–water partition coefficient (Wildman–Crippen LogP) is 18.5. The van der Waals surface area contributed by atoms with Gasteiger partial charge in [-0.3, -0.25) is 9.55 Å². The Balaban J connectivity index is 0.00000672. The largest absolute Gasteiger partial charge is 0.507 e. The van der Waals surface area contributed by atoms with Crippen molar-refractivity contribution >= 4 is 33.0 Å². The van der Waals surface area contributed by atoms with E-state index < -0.39 is 0 Å². The molecule has 1 N–H and O–H groups in total. The maximum absolute atomic E-state index is 12.6. The molecule has 10 aromatic rings. The first-order valence-corrected chi connectivity index (χ1v) is 25.8. The number of para-hydroxylation sites is 1. The standard InChI is InChI=1S/C67H70N3O3.Pt/c1-63(2,3)39-40-24-27-55-44(30-40)35-56(72-55)57-34-42-28-29-68-58(61(42)73-57)45-31-43(32-47(33-45)65(7,8)9)49-22-19-23-54-59(49)69-62(51-37-48(66(10,11)12)38-52(60(51)71)67(13,14)15)70(54)53-26-25-46(64(4,5)6)36-50(53)41-20-17-16-18-21-41;/h16-30,32-38,71H,39H2,1-15H3;/q-1;. The van der Waals surface area contributed by atoms with Crippen molar-refractivity contribution in [1.29, 1.82) is 0 Å². The summed E-state index contributed by atoms with van der Waals surface area (Å²) in [6, 6.07) is 49.0. The average Bonchev–Trinajstić information content (AvgIpc) is 4.05. The number of aromatic nitrogens is 3. The summed E-state index contributed by atoms with van der Waals surface area (Å²) < 4.78 is 15.5. The molecule has 10 rings (SSSR count). The molecule has 0 atom stereocenters. The van der Waals surface area contributed by atoms with Gasteiger partial charge >= 0.3 is 0 Å². The SMILES string of the molecule is CC(C)(C)Cc1ccc2oc(-c3cc4ccnc(-c5[c-]c(-c6cccc7c6nc(-c6cc(C(C)(C)C)cc(C(C)(C)C)c6O)n7-c6ccc(C(C)(C)C)cc6-c6ccccc6)cc(C(C)(C)C)c5)c4o3)cc2c1.[Pt]. The van der Waals surface area contributed by atoms with Crippen LogP contribution in [0, 0.1) is 11.5 Å². The van der Waals surface area contributed by atoms with Crippen LogP contribution < -0.4 is 0 Å². The quantitative estimate of drug-likeness (QED) is 0.161. The molecule has 0 fully saturated rings. The van der Waals surface area contributed by atoms with Gasteiger partial charge in [-0.25, -0.2) is 4.98 Å². The summed E-state index contributed by atoms with van der Waals surface area (Å²) in [4.78, 5) is 10.7. The smallest absolute Gasteiger partial charge is 0.170 e. The molecule has 0 bridgehead atoms. The number of aromatic hydroxyl groups is 1. The van der Waals surface area contributed by atoms with E-state index in [1.807, 2.05) is 18.3 Å². The number of rotatable bonds is 7. The molecule has 6 aromatic carbocycles. The van der Waals surface area contributed by atoms with Gasteiger partial charge in [0.05, 0.1) is 22.3 Å². The van der Waals surface area contributed by atoms with Crippen molar-refractivity contribution < 1.29 is 35.0 Å². The first-order valence-electron chi connectivity index (χ1n) is 25.8. The molecule has 0 aliphatic rings. The van der Waals surface area contributed by atoms with Crippen LogP contribution in [-0.2, 0) is 49.1 Å². The summed E-state index contributed by atoms with van der Waals surface area (Å²) in [6.45, 7) is 33.4. The first-order chi connectivity index (χ1) is 34.2. The summed E-state index contributed by atoms with van der Waals surface area (Å²) >= 11 is 0. The van der Waals surface area contributed by atoms with Crippen LogP contribution in [0.1, 0.15) is 132 Å². The Bertz CT molecular complexity index is 3740. The van der Waals surface area contributed by atoms with E-state index in [4.69, 9.17) is 18.8 Å². The Morgan fingerprint density at radius 3 is 1.88 bits per heavy atom. The van der Waals surface area contributed by atoms with Gasteiger partial charge in [0.1, 0.15) is 22.7 Å². The fourth-order valence-electron chi connectivity index (χ4n) is 10.1. The van der Waals surface area contributed by atoms with Crippen LogP contribution in [0.2, 0.25) is 0 Å². The van der Waals surface area contributed by atoms with Gasteiger partial charge < -0.3 is 13.9 Å². The number of hydrogen-bond acceptors (Lipinski definition) is 5. The monoisotopic (exact) mass is 1160 g/mol. The van der Waals surface area contributed by atoms with Crippen molar-refractivity contribution in [3.63, 3.8) is 0 Å². The summed E-state index contributed by atoms with van der Waals surface area (Å²) in [6.07, 6.45) is 2.82. The van der Waals surface area contributed by atoms with Gasteiger partial charge in [-0.05, 0) is 110 Å². The minimum atomic E-state index is -0.349. The topological polar surface area (TPSA) is 77.2 Å². The fourth-order valence-corrected chi connectivity index (χ4v) is 10.1. The van der Waals surface area contributed by atoms with Crippen molar-refractivity contribution in [1.82, 2.24) is 14.5 Å². The number of pyridine rings is 1. The van der Waals surface area contributed by atoms with Gasteiger partial charge in [0.25, 0.3) is 0 Å². The molecular formula is C67H70N3O3Pt-. The number of imidazole rings is 1. The second kappa shape index (κ2) is 18.7. The molecule has 0 saturated heterocycles. The normalized spacial score (nSPS) is 12.8. The van der Waals surface area contributed by atoms with Crippen LogP contribution in [-0.4, -0.2) is 19.6 Å².